The Morgan fingerprint density at radius 1 is 1.50 bits per heavy atom. The van der Waals surface area contributed by atoms with Gasteiger partial charge < -0.3 is 4.74 Å². The Morgan fingerprint density at radius 2 is 2.00 bits per heavy atom. The topological polar surface area (TPSA) is 38.7 Å². The lowest BCUT2D eigenvalue weighted by Crippen LogP contribution is -2.21. The van der Waals surface area contributed by atoms with E-state index in [4.69, 9.17) is 4.74 Å². The number of hydrogen-bond donors (Lipinski definition) is 0. The van der Waals surface area contributed by atoms with Gasteiger partial charge in [-0.25, -0.2) is 4.79 Å². The van der Waals surface area contributed by atoms with Gasteiger partial charge in [0.15, 0.2) is 0 Å². The first-order valence-corrected chi connectivity index (χ1v) is 3.24. The Labute approximate surface area is 61.1 Å². The van der Waals surface area contributed by atoms with Crippen LogP contribution in [0.5, 0.6) is 0 Å². The van der Waals surface area contributed by atoms with E-state index in [9.17, 15) is 4.79 Å². The maximum atomic E-state index is 10.8. The van der Waals surface area contributed by atoms with Crippen molar-refractivity contribution in [3.05, 3.63) is 0 Å². The summed E-state index contributed by atoms with van der Waals surface area (Å²) in [5.74, 6) is -0.315. The molecule has 0 aliphatic rings. The number of rotatable bonds is 3. The Kier molecular flexibility index (Phi) is 3.69. The molecular weight excluding hydrogens is 130 g/mol. The molecule has 3 heteroatoms. The van der Waals surface area contributed by atoms with E-state index in [1.807, 2.05) is 0 Å². The van der Waals surface area contributed by atoms with Crippen LogP contribution < -0.4 is 0 Å². The maximum Gasteiger partial charge on any atom is 0.330 e. The molecule has 0 aromatic rings. The van der Waals surface area contributed by atoms with Gasteiger partial charge in [-0.05, 0) is 27.5 Å². The highest BCUT2D eigenvalue weighted by atomic mass is 16.5. The second-order valence-corrected chi connectivity index (χ2v) is 2.34. The van der Waals surface area contributed by atoms with Crippen LogP contribution in [0, 0.1) is 0 Å². The molecule has 0 aromatic carbocycles. The second-order valence-electron chi connectivity index (χ2n) is 2.34. The number of ether oxygens (including phenoxy) is 1. The number of carbonyl (C=O) groups excluding carboxylic acids is 1. The summed E-state index contributed by atoms with van der Waals surface area (Å²) < 4.78 is 4.83. The molecule has 0 aromatic heterocycles. The molecule has 0 N–H and O–H groups in total. The smallest absolute Gasteiger partial charge is 0.330 e. The van der Waals surface area contributed by atoms with Crippen molar-refractivity contribution < 1.29 is 9.53 Å². The van der Waals surface area contributed by atoms with Crippen molar-refractivity contribution in [3.63, 3.8) is 0 Å². The van der Waals surface area contributed by atoms with E-state index in [-0.39, 0.29) is 12.1 Å². The summed E-state index contributed by atoms with van der Waals surface area (Å²) in [5, 5.41) is 0. The minimum absolute atomic E-state index is 0.0725. The van der Waals surface area contributed by atoms with Crippen LogP contribution in [0.15, 0.2) is 4.99 Å². The molecule has 0 fully saturated rings. The summed E-state index contributed by atoms with van der Waals surface area (Å²) in [6.07, 6.45) is -0.0725. The third kappa shape index (κ3) is 3.22. The van der Waals surface area contributed by atoms with Crippen molar-refractivity contribution in [3.8, 4) is 0 Å². The number of carbonyl (C=O) groups is 1. The zero-order valence-electron chi connectivity index (χ0n) is 6.63. The molecule has 0 bridgehead atoms. The number of nitrogens with zero attached hydrogens (tertiary/aromatic N) is 1. The van der Waals surface area contributed by atoms with Crippen LogP contribution in [0.3, 0.4) is 0 Å². The highest BCUT2D eigenvalue weighted by Crippen LogP contribution is 1.96. The van der Waals surface area contributed by atoms with Gasteiger partial charge in [0.05, 0.1) is 6.10 Å². The normalized spacial score (nSPS) is 12.8. The van der Waals surface area contributed by atoms with E-state index in [2.05, 4.69) is 11.7 Å². The summed E-state index contributed by atoms with van der Waals surface area (Å²) in [5.41, 5.74) is 0. The summed E-state index contributed by atoms with van der Waals surface area (Å²) in [6, 6.07) is -0.442. The van der Waals surface area contributed by atoms with Crippen LogP contribution in [0.2, 0.25) is 0 Å². The van der Waals surface area contributed by atoms with Gasteiger partial charge in [0.1, 0.15) is 6.04 Å². The average Bonchev–Trinajstić information content (AvgIpc) is 1.85. The highest BCUT2D eigenvalue weighted by molar-refractivity contribution is 5.76. The van der Waals surface area contributed by atoms with Crippen LogP contribution in [-0.4, -0.2) is 24.8 Å². The van der Waals surface area contributed by atoms with Crippen molar-refractivity contribution in [2.24, 2.45) is 4.99 Å². The number of hydrogen-bond acceptors (Lipinski definition) is 3. The lowest BCUT2D eigenvalue weighted by Gasteiger charge is -2.09. The van der Waals surface area contributed by atoms with Crippen molar-refractivity contribution in [2.75, 3.05) is 0 Å². The molecule has 0 radical (unpaired) electrons. The molecule has 0 saturated heterocycles. The SMILES string of the molecule is C=NC(C)C(=O)OC(C)C. The molecule has 1 unspecified atom stereocenters. The second kappa shape index (κ2) is 4.04. The molecule has 0 heterocycles. The van der Waals surface area contributed by atoms with E-state index in [0.29, 0.717) is 0 Å². The standard InChI is InChI=1S/C7H13NO2/c1-5(2)10-7(9)6(3)8-4/h5-6H,4H2,1-3H3. The van der Waals surface area contributed by atoms with Crippen molar-refractivity contribution in [1.82, 2.24) is 0 Å². The van der Waals surface area contributed by atoms with Gasteiger partial charge in [-0.1, -0.05) is 0 Å². The molecule has 1 atom stereocenters. The van der Waals surface area contributed by atoms with Crippen molar-refractivity contribution in [1.29, 1.82) is 0 Å². The summed E-state index contributed by atoms with van der Waals surface area (Å²) >= 11 is 0. The van der Waals surface area contributed by atoms with Crippen molar-refractivity contribution >= 4 is 12.7 Å². The first kappa shape index (κ1) is 9.14. The third-order valence-electron chi connectivity index (χ3n) is 0.967. The van der Waals surface area contributed by atoms with E-state index in [0.717, 1.165) is 0 Å². The Balaban J connectivity index is 3.73. The third-order valence-corrected chi connectivity index (χ3v) is 0.967. The van der Waals surface area contributed by atoms with Crippen LogP contribution in [-0.2, 0) is 9.53 Å². The van der Waals surface area contributed by atoms with Gasteiger partial charge in [0.25, 0.3) is 0 Å². The fourth-order valence-corrected chi connectivity index (χ4v) is 0.405. The molecule has 58 valence electrons. The fourth-order valence-electron chi connectivity index (χ4n) is 0.405. The molecule has 0 aliphatic heterocycles. The van der Waals surface area contributed by atoms with Crippen LogP contribution in [0.4, 0.5) is 0 Å². The molecule has 0 amide bonds. The first-order chi connectivity index (χ1) is 4.57. The number of aliphatic imine (C=N–C) groups is 1. The summed E-state index contributed by atoms with van der Waals surface area (Å²) in [4.78, 5) is 14.3. The van der Waals surface area contributed by atoms with E-state index < -0.39 is 6.04 Å². The first-order valence-electron chi connectivity index (χ1n) is 3.24. The average molecular weight is 143 g/mol. The Morgan fingerprint density at radius 3 is 2.30 bits per heavy atom. The quantitative estimate of drug-likeness (QED) is 0.437. The molecule has 0 saturated carbocycles. The van der Waals surface area contributed by atoms with Crippen LogP contribution >= 0.6 is 0 Å². The fraction of sp³-hybridized carbons (Fsp3) is 0.714. The van der Waals surface area contributed by atoms with Gasteiger partial charge in [0, 0.05) is 0 Å². The predicted molar refractivity (Wildman–Crippen MR) is 40.2 cm³/mol. The summed E-state index contributed by atoms with van der Waals surface area (Å²) in [6.45, 7) is 8.49. The van der Waals surface area contributed by atoms with Crippen LogP contribution in [0.1, 0.15) is 20.8 Å². The zero-order valence-corrected chi connectivity index (χ0v) is 6.63. The molecular formula is C7H13NO2. The van der Waals surface area contributed by atoms with Crippen LogP contribution in [0.25, 0.3) is 0 Å². The predicted octanol–water partition coefficient (Wildman–Crippen LogP) is 1.03. The number of esters is 1. The Hall–Kier alpha value is -0.860. The summed E-state index contributed by atoms with van der Waals surface area (Å²) in [7, 11) is 0. The van der Waals surface area contributed by atoms with Gasteiger partial charge in [-0.15, -0.1) is 0 Å². The monoisotopic (exact) mass is 143 g/mol. The largest absolute Gasteiger partial charge is 0.461 e. The lowest BCUT2D eigenvalue weighted by molar-refractivity contribution is -0.148. The lowest BCUT2D eigenvalue weighted by atomic mass is 10.3. The molecule has 0 spiro atoms. The van der Waals surface area contributed by atoms with Gasteiger partial charge >= 0.3 is 5.97 Å². The molecule has 0 aliphatic carbocycles. The zero-order chi connectivity index (χ0) is 8.15. The van der Waals surface area contributed by atoms with Gasteiger partial charge in [0.2, 0.25) is 0 Å². The van der Waals surface area contributed by atoms with Gasteiger partial charge in [-0.2, -0.15) is 0 Å². The van der Waals surface area contributed by atoms with E-state index in [1.165, 1.54) is 0 Å². The highest BCUT2D eigenvalue weighted by Gasteiger charge is 2.12. The minimum atomic E-state index is -0.442. The molecule has 0 rings (SSSR count). The maximum absolute atomic E-state index is 10.8. The molecule has 10 heavy (non-hydrogen) atoms. The molecule has 3 nitrogen and oxygen atoms in total. The minimum Gasteiger partial charge on any atom is -0.461 e. The Bertz CT molecular complexity index is 132. The van der Waals surface area contributed by atoms with Crippen molar-refractivity contribution in [2.45, 2.75) is 32.9 Å². The van der Waals surface area contributed by atoms with Gasteiger partial charge in [-0.3, -0.25) is 4.99 Å². The van der Waals surface area contributed by atoms with E-state index >= 15 is 0 Å². The van der Waals surface area contributed by atoms with E-state index in [1.54, 1.807) is 20.8 Å².